The molecule has 1 aromatic rings. The lowest BCUT2D eigenvalue weighted by Crippen LogP contribution is -2.40. The molecule has 1 aliphatic heterocycles. The van der Waals surface area contributed by atoms with Crippen LogP contribution in [0.4, 0.5) is 14.5 Å². The van der Waals surface area contributed by atoms with Crippen LogP contribution in [-0.2, 0) is 9.47 Å². The summed E-state index contributed by atoms with van der Waals surface area (Å²) in [5.41, 5.74) is -1.70. The Morgan fingerprint density at radius 2 is 1.92 bits per heavy atom. The van der Waals surface area contributed by atoms with Crippen molar-refractivity contribution < 1.29 is 33.0 Å². The van der Waals surface area contributed by atoms with E-state index in [1.54, 1.807) is 0 Å². The maximum Gasteiger partial charge on any atom is 0.336 e. The van der Waals surface area contributed by atoms with E-state index in [4.69, 9.17) is 14.6 Å². The molecular formula is C16H19F2NO5. The molecule has 0 saturated carbocycles. The zero-order valence-corrected chi connectivity index (χ0v) is 13.4. The van der Waals surface area contributed by atoms with Crippen LogP contribution < -0.4 is 4.90 Å². The highest BCUT2D eigenvalue weighted by molar-refractivity contribution is 5.98. The number of aromatic carboxylic acids is 1. The Labute approximate surface area is 138 Å². The summed E-state index contributed by atoms with van der Waals surface area (Å²) in [7, 11) is 3.06. The van der Waals surface area contributed by atoms with Crippen LogP contribution in [0.5, 0.6) is 0 Å². The van der Waals surface area contributed by atoms with Gasteiger partial charge in [0.1, 0.15) is 11.5 Å². The van der Waals surface area contributed by atoms with E-state index in [2.05, 4.69) is 0 Å². The maximum atomic E-state index is 14.5. The Morgan fingerprint density at radius 1 is 1.33 bits per heavy atom. The van der Waals surface area contributed by atoms with Crippen LogP contribution in [0.15, 0.2) is 6.07 Å². The number of carbonyl (C=O) groups is 2. The Balaban J connectivity index is 2.28. The molecule has 1 heterocycles. The van der Waals surface area contributed by atoms with Gasteiger partial charge in [-0.25, -0.2) is 13.6 Å². The summed E-state index contributed by atoms with van der Waals surface area (Å²) in [6.07, 6.45) is 0.882. The first kappa shape index (κ1) is 18.3. The third-order valence-corrected chi connectivity index (χ3v) is 4.29. The summed E-state index contributed by atoms with van der Waals surface area (Å²) in [5, 5.41) is 8.96. The van der Waals surface area contributed by atoms with Crippen LogP contribution in [0, 0.1) is 17.6 Å². The number of hydrogen-bond acceptors (Lipinski definition) is 5. The van der Waals surface area contributed by atoms with Gasteiger partial charge in [-0.1, -0.05) is 0 Å². The molecule has 0 unspecified atom stereocenters. The number of ether oxygens (including phenoxy) is 2. The largest absolute Gasteiger partial charge is 0.478 e. The summed E-state index contributed by atoms with van der Waals surface area (Å²) in [6, 6.07) is 0.684. The molecule has 0 spiro atoms. The van der Waals surface area contributed by atoms with Crippen LogP contribution >= 0.6 is 0 Å². The molecular weight excluding hydrogens is 324 g/mol. The number of hydrogen-bond donors (Lipinski definition) is 1. The third-order valence-electron chi connectivity index (χ3n) is 4.29. The molecule has 132 valence electrons. The standard InChI is InChI=1S/C16H19F2NO5/c1-23-16(24-2)9-3-5-19(6-4-9)14-12(17)7-10(15(21)22)11(8-20)13(14)18/h7-9,16H,3-6H2,1-2H3,(H,21,22). The number of aldehydes is 1. The number of halogens is 2. The molecule has 1 fully saturated rings. The van der Waals surface area contributed by atoms with Gasteiger partial charge in [-0.05, 0) is 18.9 Å². The summed E-state index contributed by atoms with van der Waals surface area (Å²) in [4.78, 5) is 23.5. The molecule has 1 N–H and O–H groups in total. The van der Waals surface area contributed by atoms with Crippen molar-refractivity contribution in [3.63, 3.8) is 0 Å². The Morgan fingerprint density at radius 3 is 2.38 bits per heavy atom. The lowest BCUT2D eigenvalue weighted by atomic mass is 9.95. The number of piperidine rings is 1. The van der Waals surface area contributed by atoms with Crippen molar-refractivity contribution in [1.29, 1.82) is 0 Å². The third kappa shape index (κ3) is 3.39. The van der Waals surface area contributed by atoms with Gasteiger partial charge in [-0.15, -0.1) is 0 Å². The quantitative estimate of drug-likeness (QED) is 0.631. The van der Waals surface area contributed by atoms with Crippen LogP contribution in [0.25, 0.3) is 0 Å². The minimum atomic E-state index is -1.55. The molecule has 1 aromatic carbocycles. The van der Waals surface area contributed by atoms with E-state index < -0.39 is 28.7 Å². The van der Waals surface area contributed by atoms with E-state index in [1.165, 1.54) is 19.1 Å². The summed E-state index contributed by atoms with van der Waals surface area (Å²) in [6.45, 7) is 0.679. The van der Waals surface area contributed by atoms with Crippen LogP contribution in [0.1, 0.15) is 33.6 Å². The summed E-state index contributed by atoms with van der Waals surface area (Å²) in [5.74, 6) is -3.60. The molecule has 0 radical (unpaired) electrons. The van der Waals surface area contributed by atoms with Gasteiger partial charge in [-0.2, -0.15) is 0 Å². The number of nitrogens with zero attached hydrogens (tertiary/aromatic N) is 1. The predicted molar refractivity (Wildman–Crippen MR) is 81.4 cm³/mol. The number of methoxy groups -OCH3 is 2. The van der Waals surface area contributed by atoms with Crippen molar-refractivity contribution in [2.24, 2.45) is 5.92 Å². The highest BCUT2D eigenvalue weighted by atomic mass is 19.1. The summed E-state index contributed by atoms with van der Waals surface area (Å²) < 4.78 is 39.2. The minimum Gasteiger partial charge on any atom is -0.478 e. The first-order chi connectivity index (χ1) is 11.4. The molecule has 2 rings (SSSR count). The number of carbonyl (C=O) groups excluding carboxylic acids is 1. The SMILES string of the molecule is COC(OC)C1CCN(c2c(F)cc(C(=O)O)c(C=O)c2F)CC1. The van der Waals surface area contributed by atoms with Gasteiger partial charge in [-0.3, -0.25) is 4.79 Å². The van der Waals surface area contributed by atoms with Gasteiger partial charge >= 0.3 is 5.97 Å². The Hall–Kier alpha value is -2.06. The van der Waals surface area contributed by atoms with Crippen molar-refractivity contribution in [1.82, 2.24) is 0 Å². The van der Waals surface area contributed by atoms with Crippen molar-refractivity contribution in [2.75, 3.05) is 32.2 Å². The van der Waals surface area contributed by atoms with E-state index in [1.807, 2.05) is 0 Å². The predicted octanol–water partition coefficient (Wildman–Crippen LogP) is 2.31. The zero-order valence-electron chi connectivity index (χ0n) is 13.4. The Bertz CT molecular complexity index is 625. The van der Waals surface area contributed by atoms with Crippen LogP contribution in [0.3, 0.4) is 0 Å². The second kappa shape index (κ2) is 7.67. The van der Waals surface area contributed by atoms with Crippen molar-refractivity contribution >= 4 is 17.9 Å². The van der Waals surface area contributed by atoms with E-state index >= 15 is 0 Å². The van der Waals surface area contributed by atoms with Crippen molar-refractivity contribution in [3.05, 3.63) is 28.8 Å². The topological polar surface area (TPSA) is 76.1 Å². The zero-order chi connectivity index (χ0) is 17.9. The van der Waals surface area contributed by atoms with E-state index in [-0.39, 0.29) is 24.2 Å². The fourth-order valence-electron chi connectivity index (χ4n) is 3.08. The van der Waals surface area contributed by atoms with Crippen molar-refractivity contribution in [2.45, 2.75) is 19.1 Å². The highest BCUT2D eigenvalue weighted by Crippen LogP contribution is 2.32. The number of rotatable bonds is 6. The molecule has 8 heteroatoms. The number of carboxylic acid groups (broad SMARTS) is 1. The van der Waals surface area contributed by atoms with Crippen molar-refractivity contribution in [3.8, 4) is 0 Å². The van der Waals surface area contributed by atoms with Crippen LogP contribution in [-0.4, -0.2) is 51.0 Å². The second-order valence-corrected chi connectivity index (χ2v) is 5.57. The number of benzene rings is 1. The average Bonchev–Trinajstić information content (AvgIpc) is 2.56. The van der Waals surface area contributed by atoms with Gasteiger partial charge in [0.2, 0.25) is 0 Å². The fraction of sp³-hybridized carbons (Fsp3) is 0.500. The normalized spacial score (nSPS) is 15.8. The van der Waals surface area contributed by atoms with Gasteiger partial charge in [0.05, 0.1) is 11.1 Å². The molecule has 0 aliphatic carbocycles. The molecule has 0 bridgehead atoms. The molecule has 1 saturated heterocycles. The second-order valence-electron chi connectivity index (χ2n) is 5.57. The monoisotopic (exact) mass is 343 g/mol. The maximum absolute atomic E-state index is 14.5. The summed E-state index contributed by atoms with van der Waals surface area (Å²) >= 11 is 0. The average molecular weight is 343 g/mol. The van der Waals surface area contributed by atoms with Crippen LogP contribution in [0.2, 0.25) is 0 Å². The molecule has 6 nitrogen and oxygen atoms in total. The highest BCUT2D eigenvalue weighted by Gasteiger charge is 2.31. The van der Waals surface area contributed by atoms with Gasteiger partial charge < -0.3 is 19.5 Å². The molecule has 0 atom stereocenters. The lowest BCUT2D eigenvalue weighted by Gasteiger charge is -2.36. The molecule has 1 aliphatic rings. The first-order valence-corrected chi connectivity index (χ1v) is 7.45. The molecule has 24 heavy (non-hydrogen) atoms. The lowest BCUT2D eigenvalue weighted by molar-refractivity contribution is -0.141. The Kier molecular flexibility index (Phi) is 5.84. The van der Waals surface area contributed by atoms with Gasteiger partial charge in [0.25, 0.3) is 0 Å². The smallest absolute Gasteiger partial charge is 0.336 e. The number of anilines is 1. The van der Waals surface area contributed by atoms with Gasteiger partial charge in [0, 0.05) is 33.2 Å². The first-order valence-electron chi connectivity index (χ1n) is 7.45. The fourth-order valence-corrected chi connectivity index (χ4v) is 3.08. The minimum absolute atomic E-state index is 0.0891. The van der Waals surface area contributed by atoms with E-state index in [9.17, 15) is 18.4 Å². The van der Waals surface area contributed by atoms with E-state index in [0.29, 0.717) is 32.0 Å². The molecule has 0 aromatic heterocycles. The molecule has 0 amide bonds. The van der Waals surface area contributed by atoms with Gasteiger partial charge in [0.15, 0.2) is 18.4 Å². The number of carboxylic acids is 1. The van der Waals surface area contributed by atoms with E-state index in [0.717, 1.165) is 0 Å².